The maximum absolute atomic E-state index is 11.1. The molecule has 0 radical (unpaired) electrons. The number of benzene rings is 1. The minimum Gasteiger partial charge on any atom is -0.481 e. The first-order valence-corrected chi connectivity index (χ1v) is 5.01. The Labute approximate surface area is 93.9 Å². The summed E-state index contributed by atoms with van der Waals surface area (Å²) in [4.78, 5) is 21.4. The van der Waals surface area contributed by atoms with Crippen molar-refractivity contribution < 1.29 is 19.4 Å². The molecule has 0 heterocycles. The highest BCUT2D eigenvalue weighted by Gasteiger charge is 2.07. The first-order chi connectivity index (χ1) is 7.59. The third-order valence-electron chi connectivity index (χ3n) is 2.19. The van der Waals surface area contributed by atoms with E-state index >= 15 is 0 Å². The monoisotopic (exact) mass is 222 g/mol. The third kappa shape index (κ3) is 4.13. The van der Waals surface area contributed by atoms with Crippen LogP contribution in [0.5, 0.6) is 0 Å². The molecule has 0 aliphatic rings. The van der Waals surface area contributed by atoms with Crippen LogP contribution >= 0.6 is 0 Å². The van der Waals surface area contributed by atoms with Crippen molar-refractivity contribution in [3.63, 3.8) is 0 Å². The van der Waals surface area contributed by atoms with Crippen molar-refractivity contribution in [2.75, 3.05) is 0 Å². The Kier molecular flexibility index (Phi) is 4.51. The van der Waals surface area contributed by atoms with E-state index in [1.165, 1.54) is 0 Å². The van der Waals surface area contributed by atoms with Gasteiger partial charge >= 0.3 is 11.9 Å². The second-order valence-electron chi connectivity index (χ2n) is 3.48. The molecule has 0 bridgehead atoms. The first-order valence-electron chi connectivity index (χ1n) is 5.01. The molecule has 1 N–H and O–H groups in total. The van der Waals surface area contributed by atoms with E-state index in [0.29, 0.717) is 0 Å². The smallest absolute Gasteiger partial charge is 0.306 e. The largest absolute Gasteiger partial charge is 0.481 e. The van der Waals surface area contributed by atoms with Gasteiger partial charge in [-0.1, -0.05) is 24.3 Å². The Morgan fingerprint density at radius 1 is 1.25 bits per heavy atom. The van der Waals surface area contributed by atoms with E-state index < -0.39 is 11.9 Å². The summed E-state index contributed by atoms with van der Waals surface area (Å²) in [6.45, 7) is 2.13. The van der Waals surface area contributed by atoms with Crippen molar-refractivity contribution in [3.8, 4) is 0 Å². The van der Waals surface area contributed by atoms with Crippen LogP contribution in [0, 0.1) is 6.92 Å². The van der Waals surface area contributed by atoms with Gasteiger partial charge in [-0.2, -0.15) is 0 Å². The quantitative estimate of drug-likeness (QED) is 0.773. The zero-order chi connectivity index (χ0) is 12.0. The Morgan fingerprint density at radius 3 is 2.56 bits per heavy atom. The SMILES string of the molecule is Cc1ccccc1COC(=O)CCC(=O)O. The number of hydrogen-bond acceptors (Lipinski definition) is 3. The maximum Gasteiger partial charge on any atom is 0.306 e. The second kappa shape index (κ2) is 5.90. The first kappa shape index (κ1) is 12.2. The number of aliphatic carboxylic acids is 1. The summed E-state index contributed by atoms with van der Waals surface area (Å²) in [5.41, 5.74) is 1.99. The van der Waals surface area contributed by atoms with Gasteiger partial charge in [0.1, 0.15) is 6.61 Å². The number of aryl methyl sites for hydroxylation is 1. The molecule has 1 aromatic carbocycles. The van der Waals surface area contributed by atoms with Gasteiger partial charge in [0.25, 0.3) is 0 Å². The van der Waals surface area contributed by atoms with Crippen LogP contribution in [-0.4, -0.2) is 17.0 Å². The zero-order valence-electron chi connectivity index (χ0n) is 9.10. The lowest BCUT2D eigenvalue weighted by molar-refractivity contribution is -0.148. The van der Waals surface area contributed by atoms with Crippen LogP contribution in [-0.2, 0) is 20.9 Å². The van der Waals surface area contributed by atoms with Gasteiger partial charge in [-0.25, -0.2) is 0 Å². The van der Waals surface area contributed by atoms with Crippen LogP contribution in [0.25, 0.3) is 0 Å². The number of carbonyl (C=O) groups is 2. The predicted octanol–water partition coefficient (Wildman–Crippen LogP) is 1.90. The lowest BCUT2D eigenvalue weighted by Gasteiger charge is -2.06. The van der Waals surface area contributed by atoms with E-state index in [4.69, 9.17) is 9.84 Å². The van der Waals surface area contributed by atoms with Gasteiger partial charge in [0.15, 0.2) is 0 Å². The van der Waals surface area contributed by atoms with Crippen LogP contribution in [0.2, 0.25) is 0 Å². The van der Waals surface area contributed by atoms with Gasteiger partial charge < -0.3 is 9.84 Å². The van der Waals surface area contributed by atoms with Gasteiger partial charge in [0, 0.05) is 0 Å². The molecule has 0 atom stereocenters. The van der Waals surface area contributed by atoms with Gasteiger partial charge in [-0.05, 0) is 18.1 Å². The normalized spacial score (nSPS) is 9.81. The minimum atomic E-state index is -0.993. The number of carbonyl (C=O) groups excluding carboxylic acids is 1. The molecule has 4 nitrogen and oxygen atoms in total. The molecule has 0 fully saturated rings. The van der Waals surface area contributed by atoms with E-state index in [1.807, 2.05) is 31.2 Å². The zero-order valence-corrected chi connectivity index (χ0v) is 9.10. The highest BCUT2D eigenvalue weighted by molar-refractivity contribution is 5.76. The number of hydrogen-bond donors (Lipinski definition) is 1. The topological polar surface area (TPSA) is 63.6 Å². The van der Waals surface area contributed by atoms with Crippen LogP contribution in [0.1, 0.15) is 24.0 Å². The number of esters is 1. The minimum absolute atomic E-state index is 0.0821. The fourth-order valence-electron chi connectivity index (χ4n) is 1.21. The molecular weight excluding hydrogens is 208 g/mol. The van der Waals surface area contributed by atoms with Crippen molar-refractivity contribution in [1.29, 1.82) is 0 Å². The van der Waals surface area contributed by atoms with Gasteiger partial charge in [0.05, 0.1) is 12.8 Å². The standard InChI is InChI=1S/C12H14O4/c1-9-4-2-3-5-10(9)8-16-12(15)7-6-11(13)14/h2-5H,6-8H2,1H3,(H,13,14). The highest BCUT2D eigenvalue weighted by Crippen LogP contribution is 2.08. The summed E-state index contributed by atoms with van der Waals surface area (Å²) < 4.78 is 4.96. The average Bonchev–Trinajstić information content (AvgIpc) is 2.25. The molecule has 0 saturated carbocycles. The van der Waals surface area contributed by atoms with E-state index in [-0.39, 0.29) is 19.4 Å². The Balaban J connectivity index is 2.37. The predicted molar refractivity (Wildman–Crippen MR) is 57.8 cm³/mol. The molecule has 0 unspecified atom stereocenters. The Morgan fingerprint density at radius 2 is 1.94 bits per heavy atom. The number of ether oxygens (including phenoxy) is 1. The van der Waals surface area contributed by atoms with E-state index in [0.717, 1.165) is 11.1 Å². The summed E-state index contributed by atoms with van der Waals surface area (Å²) in [6, 6.07) is 7.58. The fourth-order valence-corrected chi connectivity index (χ4v) is 1.21. The molecule has 1 aromatic rings. The molecule has 0 saturated heterocycles. The fraction of sp³-hybridized carbons (Fsp3) is 0.333. The molecule has 0 spiro atoms. The molecule has 4 heteroatoms. The molecule has 0 aliphatic carbocycles. The highest BCUT2D eigenvalue weighted by atomic mass is 16.5. The van der Waals surface area contributed by atoms with Crippen molar-refractivity contribution in [1.82, 2.24) is 0 Å². The molecule has 0 amide bonds. The summed E-state index contributed by atoms with van der Waals surface area (Å²) in [5.74, 6) is -1.47. The lowest BCUT2D eigenvalue weighted by atomic mass is 10.1. The van der Waals surface area contributed by atoms with Gasteiger partial charge in [-0.15, -0.1) is 0 Å². The molecule has 0 aromatic heterocycles. The van der Waals surface area contributed by atoms with Crippen molar-refractivity contribution >= 4 is 11.9 Å². The number of rotatable bonds is 5. The maximum atomic E-state index is 11.1. The van der Waals surface area contributed by atoms with Crippen LogP contribution in [0.15, 0.2) is 24.3 Å². The molecular formula is C12H14O4. The molecule has 16 heavy (non-hydrogen) atoms. The second-order valence-corrected chi connectivity index (χ2v) is 3.48. The summed E-state index contributed by atoms with van der Waals surface area (Å²) in [7, 11) is 0. The molecule has 0 aliphatic heterocycles. The van der Waals surface area contributed by atoms with Crippen molar-refractivity contribution in [3.05, 3.63) is 35.4 Å². The Hall–Kier alpha value is -1.84. The average molecular weight is 222 g/mol. The van der Waals surface area contributed by atoms with E-state index in [1.54, 1.807) is 0 Å². The van der Waals surface area contributed by atoms with E-state index in [9.17, 15) is 9.59 Å². The summed E-state index contributed by atoms with van der Waals surface area (Å²) in [5, 5.41) is 8.38. The molecule has 86 valence electrons. The third-order valence-corrected chi connectivity index (χ3v) is 2.19. The summed E-state index contributed by atoms with van der Waals surface area (Å²) in [6.07, 6.45) is -0.270. The van der Waals surface area contributed by atoms with Crippen LogP contribution in [0.4, 0.5) is 0 Å². The Bertz CT molecular complexity index is 384. The summed E-state index contributed by atoms with van der Waals surface area (Å²) >= 11 is 0. The van der Waals surface area contributed by atoms with Crippen molar-refractivity contribution in [2.24, 2.45) is 0 Å². The van der Waals surface area contributed by atoms with Gasteiger partial charge in [0.2, 0.25) is 0 Å². The lowest BCUT2D eigenvalue weighted by Crippen LogP contribution is -2.07. The number of carboxylic acid groups (broad SMARTS) is 1. The van der Waals surface area contributed by atoms with Gasteiger partial charge in [-0.3, -0.25) is 9.59 Å². The van der Waals surface area contributed by atoms with Crippen LogP contribution < -0.4 is 0 Å². The van der Waals surface area contributed by atoms with Crippen molar-refractivity contribution in [2.45, 2.75) is 26.4 Å². The number of carboxylic acids is 1. The van der Waals surface area contributed by atoms with E-state index in [2.05, 4.69) is 0 Å². The molecule has 1 rings (SSSR count). The van der Waals surface area contributed by atoms with Crippen LogP contribution in [0.3, 0.4) is 0 Å².